The maximum Gasteiger partial charge on any atom is 0.409 e. The molecule has 0 radical (unpaired) electrons. The molecule has 0 aromatic carbocycles. The van der Waals surface area contributed by atoms with Gasteiger partial charge in [0, 0.05) is 38.4 Å². The summed E-state index contributed by atoms with van der Waals surface area (Å²) in [6.45, 7) is 9.06. The van der Waals surface area contributed by atoms with Crippen molar-refractivity contribution >= 4 is 17.9 Å². The zero-order chi connectivity index (χ0) is 18.2. The van der Waals surface area contributed by atoms with Crippen LogP contribution in [0.1, 0.15) is 42.9 Å². The largest absolute Gasteiger partial charge is 0.450 e. The van der Waals surface area contributed by atoms with Crippen molar-refractivity contribution < 1.29 is 14.3 Å². The highest BCUT2D eigenvalue weighted by atomic mass is 16.6. The Hall–Kier alpha value is -2.38. The summed E-state index contributed by atoms with van der Waals surface area (Å²) in [4.78, 5) is 36.5. The van der Waals surface area contributed by atoms with Gasteiger partial charge < -0.3 is 19.9 Å². The van der Waals surface area contributed by atoms with Crippen LogP contribution in [0.2, 0.25) is 0 Å². The molecule has 2 rings (SSSR count). The summed E-state index contributed by atoms with van der Waals surface area (Å²) < 4.78 is 5.02. The molecule has 1 saturated heterocycles. The highest BCUT2D eigenvalue weighted by Gasteiger charge is 2.24. The van der Waals surface area contributed by atoms with Crippen molar-refractivity contribution in [3.05, 3.63) is 17.5 Å². The van der Waals surface area contributed by atoms with Crippen molar-refractivity contribution in [2.24, 2.45) is 0 Å². The number of anilines is 1. The first-order valence-corrected chi connectivity index (χ1v) is 8.85. The number of piperazine rings is 1. The van der Waals surface area contributed by atoms with Crippen LogP contribution in [-0.2, 0) is 4.74 Å². The minimum Gasteiger partial charge on any atom is -0.450 e. The van der Waals surface area contributed by atoms with Crippen LogP contribution in [0.3, 0.4) is 0 Å². The van der Waals surface area contributed by atoms with Gasteiger partial charge in [-0.15, -0.1) is 0 Å². The van der Waals surface area contributed by atoms with Gasteiger partial charge in [0.2, 0.25) is 5.95 Å². The van der Waals surface area contributed by atoms with Crippen molar-refractivity contribution in [2.75, 3.05) is 44.2 Å². The second-order valence-electron chi connectivity index (χ2n) is 5.98. The highest BCUT2D eigenvalue weighted by molar-refractivity contribution is 5.92. The van der Waals surface area contributed by atoms with E-state index in [4.69, 9.17) is 4.74 Å². The third kappa shape index (κ3) is 5.30. The summed E-state index contributed by atoms with van der Waals surface area (Å²) in [5.41, 5.74) is 1.13. The molecule has 138 valence electrons. The van der Waals surface area contributed by atoms with Crippen LogP contribution in [0, 0.1) is 6.92 Å². The van der Waals surface area contributed by atoms with Gasteiger partial charge in [-0.25, -0.2) is 14.8 Å². The van der Waals surface area contributed by atoms with E-state index < -0.39 is 0 Å². The quantitative estimate of drug-likeness (QED) is 0.785. The molecule has 0 saturated carbocycles. The first-order valence-electron chi connectivity index (χ1n) is 8.85. The fraction of sp³-hybridized carbons (Fsp3) is 0.647. The second-order valence-corrected chi connectivity index (χ2v) is 5.98. The van der Waals surface area contributed by atoms with Crippen LogP contribution in [0.15, 0.2) is 6.07 Å². The average molecular weight is 349 g/mol. The van der Waals surface area contributed by atoms with E-state index in [9.17, 15) is 9.59 Å². The molecule has 1 aliphatic rings. The first-order chi connectivity index (χ1) is 12.0. The summed E-state index contributed by atoms with van der Waals surface area (Å²) in [5.74, 6) is 0.356. The van der Waals surface area contributed by atoms with Gasteiger partial charge in [-0.2, -0.15) is 0 Å². The van der Waals surface area contributed by atoms with E-state index in [2.05, 4.69) is 22.2 Å². The molecule has 8 nitrogen and oxygen atoms in total. The number of carbonyl (C=O) groups excluding carboxylic acids is 2. The normalized spacial score (nSPS) is 14.4. The summed E-state index contributed by atoms with van der Waals surface area (Å²) in [5, 5.41) is 2.88. The lowest BCUT2D eigenvalue weighted by Gasteiger charge is -2.34. The molecule has 0 aliphatic carbocycles. The molecule has 25 heavy (non-hydrogen) atoms. The summed E-state index contributed by atoms with van der Waals surface area (Å²) in [6.07, 6.45) is 1.68. The summed E-state index contributed by atoms with van der Waals surface area (Å²) in [6, 6.07) is 1.69. The van der Waals surface area contributed by atoms with Gasteiger partial charge >= 0.3 is 6.09 Å². The topological polar surface area (TPSA) is 87.7 Å². The van der Waals surface area contributed by atoms with Gasteiger partial charge in [-0.3, -0.25) is 4.79 Å². The molecule has 1 aromatic rings. The number of nitrogens with zero attached hydrogens (tertiary/aromatic N) is 4. The number of carbonyl (C=O) groups is 2. The molecule has 0 unspecified atom stereocenters. The van der Waals surface area contributed by atoms with Crippen LogP contribution < -0.4 is 10.2 Å². The lowest BCUT2D eigenvalue weighted by Crippen LogP contribution is -2.49. The molecule has 0 bridgehead atoms. The van der Waals surface area contributed by atoms with E-state index in [1.807, 2.05) is 11.8 Å². The number of nitrogens with one attached hydrogen (secondary N) is 1. The Bertz CT molecular complexity index is 600. The Morgan fingerprint density at radius 3 is 2.56 bits per heavy atom. The van der Waals surface area contributed by atoms with E-state index >= 15 is 0 Å². The van der Waals surface area contributed by atoms with Crippen LogP contribution in [0.25, 0.3) is 0 Å². The molecule has 1 fully saturated rings. The predicted octanol–water partition coefficient (Wildman–Crippen LogP) is 1.59. The zero-order valence-electron chi connectivity index (χ0n) is 15.2. The molecule has 2 amide bonds. The van der Waals surface area contributed by atoms with Gasteiger partial charge in [0.1, 0.15) is 5.69 Å². The first kappa shape index (κ1) is 19.0. The van der Waals surface area contributed by atoms with Crippen LogP contribution >= 0.6 is 0 Å². The van der Waals surface area contributed by atoms with Crippen molar-refractivity contribution in [1.82, 2.24) is 20.2 Å². The highest BCUT2D eigenvalue weighted by Crippen LogP contribution is 2.14. The Labute approximate surface area is 148 Å². The Morgan fingerprint density at radius 1 is 1.20 bits per heavy atom. The third-order valence-corrected chi connectivity index (χ3v) is 3.98. The van der Waals surface area contributed by atoms with E-state index in [-0.39, 0.29) is 12.0 Å². The Morgan fingerprint density at radius 2 is 1.92 bits per heavy atom. The zero-order valence-corrected chi connectivity index (χ0v) is 15.2. The number of aryl methyl sites for hydroxylation is 1. The van der Waals surface area contributed by atoms with Gasteiger partial charge in [0.05, 0.1) is 6.61 Å². The standard InChI is InChI=1S/C17H27N5O3/c1-4-6-7-18-15(23)14-12-13(3)19-16(20-14)21-8-10-22(11-9-21)17(24)25-5-2/h12H,4-11H2,1-3H3,(H,18,23). The fourth-order valence-corrected chi connectivity index (χ4v) is 2.58. The smallest absolute Gasteiger partial charge is 0.409 e. The van der Waals surface area contributed by atoms with Crippen LogP contribution in [0.4, 0.5) is 10.7 Å². The summed E-state index contributed by atoms with van der Waals surface area (Å²) in [7, 11) is 0. The molecule has 1 aliphatic heterocycles. The maximum atomic E-state index is 12.2. The Kier molecular flexibility index (Phi) is 6.97. The summed E-state index contributed by atoms with van der Waals surface area (Å²) >= 11 is 0. The molecule has 0 atom stereocenters. The molecule has 8 heteroatoms. The maximum absolute atomic E-state index is 12.2. The van der Waals surface area contributed by atoms with Crippen molar-refractivity contribution in [3.8, 4) is 0 Å². The number of amides is 2. The van der Waals surface area contributed by atoms with Crippen LogP contribution in [-0.4, -0.2) is 66.2 Å². The van der Waals surface area contributed by atoms with Crippen molar-refractivity contribution in [1.29, 1.82) is 0 Å². The van der Waals surface area contributed by atoms with Gasteiger partial charge in [0.15, 0.2) is 0 Å². The van der Waals surface area contributed by atoms with E-state index in [1.54, 1.807) is 17.9 Å². The molecular weight excluding hydrogens is 322 g/mol. The van der Waals surface area contributed by atoms with Gasteiger partial charge in [-0.05, 0) is 26.3 Å². The minimum atomic E-state index is -0.289. The van der Waals surface area contributed by atoms with E-state index in [0.29, 0.717) is 51.0 Å². The number of unbranched alkanes of at least 4 members (excludes halogenated alkanes) is 1. The number of hydrogen-bond donors (Lipinski definition) is 1. The van der Waals surface area contributed by atoms with E-state index in [0.717, 1.165) is 18.5 Å². The molecule has 1 aromatic heterocycles. The second kappa shape index (κ2) is 9.19. The molecule has 1 N–H and O–H groups in total. The SMILES string of the molecule is CCCCNC(=O)c1cc(C)nc(N2CCN(C(=O)OCC)CC2)n1. The molecular formula is C17H27N5O3. The third-order valence-electron chi connectivity index (χ3n) is 3.98. The number of rotatable bonds is 6. The molecule has 0 spiro atoms. The Balaban J connectivity index is 2.00. The van der Waals surface area contributed by atoms with Crippen LogP contribution in [0.5, 0.6) is 0 Å². The van der Waals surface area contributed by atoms with Crippen molar-refractivity contribution in [3.63, 3.8) is 0 Å². The predicted molar refractivity (Wildman–Crippen MR) is 94.8 cm³/mol. The van der Waals surface area contributed by atoms with E-state index in [1.165, 1.54) is 0 Å². The average Bonchev–Trinajstić information content (AvgIpc) is 2.61. The number of aromatic nitrogens is 2. The fourth-order valence-electron chi connectivity index (χ4n) is 2.58. The van der Waals surface area contributed by atoms with Gasteiger partial charge in [0.25, 0.3) is 5.91 Å². The van der Waals surface area contributed by atoms with Gasteiger partial charge in [-0.1, -0.05) is 13.3 Å². The number of hydrogen-bond acceptors (Lipinski definition) is 6. The monoisotopic (exact) mass is 349 g/mol. The van der Waals surface area contributed by atoms with Crippen molar-refractivity contribution in [2.45, 2.75) is 33.6 Å². The lowest BCUT2D eigenvalue weighted by molar-refractivity contribution is 0.0948. The minimum absolute atomic E-state index is 0.176. The number of ether oxygens (including phenoxy) is 1. The molecule has 2 heterocycles. The lowest BCUT2D eigenvalue weighted by atomic mass is 10.3.